The molecule has 1 aromatic carbocycles. The van der Waals surface area contributed by atoms with Crippen molar-refractivity contribution < 1.29 is 0 Å². The third-order valence-corrected chi connectivity index (χ3v) is 5.27. The quantitative estimate of drug-likeness (QED) is 0.712. The minimum Gasteiger partial charge on any atom is -0.371 e. The number of aromatic amines is 1. The molecule has 0 bridgehead atoms. The van der Waals surface area contributed by atoms with Crippen LogP contribution in [0.15, 0.2) is 35.3 Å². The molecule has 2 N–H and O–H groups in total. The van der Waals surface area contributed by atoms with Crippen LogP contribution in [0.5, 0.6) is 0 Å². The van der Waals surface area contributed by atoms with Gasteiger partial charge in [-0.05, 0) is 57.9 Å². The summed E-state index contributed by atoms with van der Waals surface area (Å²) < 4.78 is 1.79. The Morgan fingerprint density at radius 1 is 1.21 bits per heavy atom. The largest absolute Gasteiger partial charge is 0.371 e. The fourth-order valence-electron chi connectivity index (χ4n) is 3.70. The molecule has 8 heteroatoms. The molecule has 1 aliphatic rings. The Kier molecular flexibility index (Phi) is 4.74. The molecule has 3 heterocycles. The summed E-state index contributed by atoms with van der Waals surface area (Å²) in [6, 6.07) is 10.1. The molecule has 8 nitrogen and oxygen atoms in total. The van der Waals surface area contributed by atoms with E-state index in [-0.39, 0.29) is 17.1 Å². The first kappa shape index (κ1) is 19.0. The van der Waals surface area contributed by atoms with Gasteiger partial charge in [-0.3, -0.25) is 9.78 Å². The number of fused-ring (bicyclic) bond motifs is 1. The molecule has 0 saturated carbocycles. The highest BCUT2D eigenvalue weighted by atomic mass is 16.1. The van der Waals surface area contributed by atoms with Crippen LogP contribution in [0.25, 0.3) is 11.0 Å². The zero-order chi connectivity index (χ0) is 20.6. The molecule has 2 aromatic heterocycles. The molecule has 150 valence electrons. The molecular formula is C21H25N7O. The van der Waals surface area contributed by atoms with Crippen LogP contribution in [-0.2, 0) is 5.54 Å². The van der Waals surface area contributed by atoms with Crippen molar-refractivity contribution in [2.45, 2.75) is 45.2 Å². The average molecular weight is 391 g/mol. The van der Waals surface area contributed by atoms with Crippen molar-refractivity contribution >= 4 is 22.7 Å². The molecular weight excluding hydrogens is 366 g/mol. The van der Waals surface area contributed by atoms with E-state index in [0.717, 1.165) is 31.6 Å². The average Bonchev–Trinajstić information content (AvgIpc) is 3.14. The van der Waals surface area contributed by atoms with E-state index in [2.05, 4.69) is 31.4 Å². The highest BCUT2D eigenvalue weighted by Gasteiger charge is 2.22. The number of H-pyrrole nitrogens is 1. The summed E-state index contributed by atoms with van der Waals surface area (Å²) in [5.74, 6) is 0.491. The van der Waals surface area contributed by atoms with Gasteiger partial charge >= 0.3 is 0 Å². The van der Waals surface area contributed by atoms with Crippen LogP contribution < -0.4 is 15.8 Å². The van der Waals surface area contributed by atoms with Gasteiger partial charge in [-0.25, -0.2) is 4.68 Å². The lowest BCUT2D eigenvalue weighted by molar-refractivity contribution is 0.366. The van der Waals surface area contributed by atoms with Crippen molar-refractivity contribution in [2.75, 3.05) is 23.3 Å². The number of aromatic nitrogens is 4. The zero-order valence-electron chi connectivity index (χ0n) is 16.9. The summed E-state index contributed by atoms with van der Waals surface area (Å²) in [6.45, 7) is 7.91. The van der Waals surface area contributed by atoms with Crippen LogP contribution in [-0.4, -0.2) is 38.9 Å². The van der Waals surface area contributed by atoms with Gasteiger partial charge in [0, 0.05) is 24.8 Å². The van der Waals surface area contributed by atoms with Crippen molar-refractivity contribution in [3.8, 4) is 6.07 Å². The van der Waals surface area contributed by atoms with E-state index in [0.29, 0.717) is 22.5 Å². The highest BCUT2D eigenvalue weighted by Crippen LogP contribution is 2.23. The standard InChI is InChI=1S/C21H25N7O/c1-21(2,3)28-18-17(13-23-28)19(29)26-20(25-18)24-15-8-10-27(11-9-15)16-6-4-14(12-22)5-7-16/h4-7,13,15H,8-11H2,1-3H3,(H2,24,25,26,29). The Hall–Kier alpha value is -3.34. The smallest absolute Gasteiger partial charge is 0.263 e. The maximum Gasteiger partial charge on any atom is 0.263 e. The summed E-state index contributed by atoms with van der Waals surface area (Å²) >= 11 is 0. The number of piperidine rings is 1. The number of nitrogens with zero attached hydrogens (tertiary/aromatic N) is 5. The second kappa shape index (κ2) is 7.24. The predicted molar refractivity (Wildman–Crippen MR) is 113 cm³/mol. The second-order valence-electron chi connectivity index (χ2n) is 8.44. The summed E-state index contributed by atoms with van der Waals surface area (Å²) in [5.41, 5.74) is 1.96. The first-order valence-electron chi connectivity index (χ1n) is 9.85. The van der Waals surface area contributed by atoms with Crippen molar-refractivity contribution in [2.24, 2.45) is 0 Å². The van der Waals surface area contributed by atoms with Gasteiger partial charge in [0.1, 0.15) is 5.39 Å². The molecule has 29 heavy (non-hydrogen) atoms. The number of rotatable bonds is 3. The third-order valence-electron chi connectivity index (χ3n) is 5.27. The summed E-state index contributed by atoms with van der Waals surface area (Å²) in [7, 11) is 0. The molecule has 1 saturated heterocycles. The van der Waals surface area contributed by atoms with Gasteiger partial charge < -0.3 is 10.2 Å². The number of nitriles is 1. The molecule has 4 rings (SSSR count). The molecule has 0 radical (unpaired) electrons. The number of benzene rings is 1. The third kappa shape index (κ3) is 3.81. The monoisotopic (exact) mass is 391 g/mol. The molecule has 0 unspecified atom stereocenters. The normalized spacial score (nSPS) is 15.4. The topological polar surface area (TPSA) is 103 Å². The van der Waals surface area contributed by atoms with E-state index in [4.69, 9.17) is 5.26 Å². The van der Waals surface area contributed by atoms with Gasteiger partial charge in [0.2, 0.25) is 5.95 Å². The summed E-state index contributed by atoms with van der Waals surface area (Å²) in [5, 5.41) is 17.2. The molecule has 1 fully saturated rings. The lowest BCUT2D eigenvalue weighted by Crippen LogP contribution is -2.39. The van der Waals surface area contributed by atoms with Crippen molar-refractivity contribution in [3.05, 3.63) is 46.4 Å². The van der Waals surface area contributed by atoms with Crippen LogP contribution in [0, 0.1) is 11.3 Å². The Balaban J connectivity index is 1.47. The molecule has 0 spiro atoms. The lowest BCUT2D eigenvalue weighted by Gasteiger charge is -2.34. The van der Waals surface area contributed by atoms with Gasteiger partial charge in [-0.1, -0.05) is 0 Å². The predicted octanol–water partition coefficient (Wildman–Crippen LogP) is 2.83. The van der Waals surface area contributed by atoms with Crippen molar-refractivity contribution in [1.29, 1.82) is 5.26 Å². The molecule has 1 aliphatic heterocycles. The molecule has 0 aliphatic carbocycles. The van der Waals surface area contributed by atoms with Crippen molar-refractivity contribution in [3.63, 3.8) is 0 Å². The van der Waals surface area contributed by atoms with Crippen LogP contribution >= 0.6 is 0 Å². The van der Waals surface area contributed by atoms with E-state index in [9.17, 15) is 4.79 Å². The van der Waals surface area contributed by atoms with Crippen LogP contribution in [0.4, 0.5) is 11.6 Å². The zero-order valence-corrected chi connectivity index (χ0v) is 16.9. The van der Waals surface area contributed by atoms with Gasteiger partial charge in [0.05, 0.1) is 23.4 Å². The number of anilines is 2. The van der Waals surface area contributed by atoms with Crippen molar-refractivity contribution in [1.82, 2.24) is 19.7 Å². The van der Waals surface area contributed by atoms with Gasteiger partial charge in [-0.2, -0.15) is 15.3 Å². The minimum atomic E-state index is -0.258. The van der Waals surface area contributed by atoms with Crippen LogP contribution in [0.3, 0.4) is 0 Å². The fourth-order valence-corrected chi connectivity index (χ4v) is 3.70. The Morgan fingerprint density at radius 2 is 1.90 bits per heavy atom. The summed E-state index contributed by atoms with van der Waals surface area (Å²) in [6.07, 6.45) is 3.44. The summed E-state index contributed by atoms with van der Waals surface area (Å²) in [4.78, 5) is 22.2. The van der Waals surface area contributed by atoms with E-state index in [1.807, 2.05) is 45.0 Å². The Bertz CT molecular complexity index is 1110. The molecule has 0 atom stereocenters. The maximum atomic E-state index is 12.5. The molecule has 0 amide bonds. The second-order valence-corrected chi connectivity index (χ2v) is 8.44. The number of nitrogens with one attached hydrogen (secondary N) is 2. The van der Waals surface area contributed by atoms with E-state index in [1.165, 1.54) is 0 Å². The highest BCUT2D eigenvalue weighted by molar-refractivity contribution is 5.74. The SMILES string of the molecule is CC(C)(C)n1ncc2c(=O)[nH]c(NC3CCN(c4ccc(C#N)cc4)CC3)nc21. The Labute approximate surface area is 169 Å². The first-order valence-corrected chi connectivity index (χ1v) is 9.85. The Morgan fingerprint density at radius 3 is 2.52 bits per heavy atom. The van der Waals surface area contributed by atoms with E-state index < -0.39 is 0 Å². The fraction of sp³-hybridized carbons (Fsp3) is 0.429. The lowest BCUT2D eigenvalue weighted by atomic mass is 10.0. The number of hydrogen-bond donors (Lipinski definition) is 2. The van der Waals surface area contributed by atoms with Crippen LogP contribution in [0.1, 0.15) is 39.2 Å². The van der Waals surface area contributed by atoms with Crippen LogP contribution in [0.2, 0.25) is 0 Å². The molecule has 3 aromatic rings. The van der Waals surface area contributed by atoms with E-state index >= 15 is 0 Å². The number of hydrogen-bond acceptors (Lipinski definition) is 6. The maximum absolute atomic E-state index is 12.5. The minimum absolute atomic E-state index is 0.178. The van der Waals surface area contributed by atoms with Gasteiger partial charge in [-0.15, -0.1) is 0 Å². The first-order chi connectivity index (χ1) is 13.8. The van der Waals surface area contributed by atoms with E-state index in [1.54, 1.807) is 10.9 Å². The van der Waals surface area contributed by atoms with Gasteiger partial charge in [0.15, 0.2) is 5.65 Å². The van der Waals surface area contributed by atoms with Gasteiger partial charge in [0.25, 0.3) is 5.56 Å².